The van der Waals surface area contributed by atoms with Gasteiger partial charge < -0.3 is 20.3 Å². The molecule has 0 radical (unpaired) electrons. The molecule has 2 aliphatic heterocycles. The van der Waals surface area contributed by atoms with Crippen molar-refractivity contribution in [3.63, 3.8) is 0 Å². The Bertz CT molecular complexity index is 1230. The lowest BCUT2D eigenvalue weighted by atomic mass is 10.0. The Morgan fingerprint density at radius 3 is 2.50 bits per heavy atom. The summed E-state index contributed by atoms with van der Waals surface area (Å²) in [6, 6.07) is -2.36. The lowest BCUT2D eigenvalue weighted by molar-refractivity contribution is -0.141. The van der Waals surface area contributed by atoms with Crippen molar-refractivity contribution in [2.24, 2.45) is 11.8 Å². The number of fused-ring (bicyclic) bond motifs is 2. The fourth-order valence-electron chi connectivity index (χ4n) is 6.33. The van der Waals surface area contributed by atoms with Crippen molar-refractivity contribution in [1.29, 1.82) is 0 Å². The Labute approximate surface area is 244 Å². The van der Waals surface area contributed by atoms with Gasteiger partial charge in [0.1, 0.15) is 23.7 Å². The molecule has 14 heteroatoms. The fourth-order valence-corrected chi connectivity index (χ4v) is 7.70. The molecule has 3 N–H and O–H groups in total. The quantitative estimate of drug-likeness (QED) is 0.403. The van der Waals surface area contributed by atoms with Crippen LogP contribution in [0, 0.1) is 11.8 Å². The molecule has 0 spiro atoms. The van der Waals surface area contributed by atoms with E-state index in [0.29, 0.717) is 25.7 Å². The van der Waals surface area contributed by atoms with Crippen molar-refractivity contribution in [1.82, 2.24) is 20.3 Å². The third-order valence-corrected chi connectivity index (χ3v) is 10.9. The van der Waals surface area contributed by atoms with Gasteiger partial charge in [-0.1, -0.05) is 19.1 Å². The van der Waals surface area contributed by atoms with E-state index < -0.39 is 81.4 Å². The molecule has 2 heterocycles. The number of carbonyl (C=O) groups excluding carboxylic acids is 4. The normalized spacial score (nSPS) is 34.7. The molecular weight excluding hydrogens is 574 g/mol. The van der Waals surface area contributed by atoms with E-state index in [2.05, 4.69) is 15.4 Å². The summed E-state index contributed by atoms with van der Waals surface area (Å²) in [6.07, 6.45) is 4.85. The molecule has 0 aromatic carbocycles. The van der Waals surface area contributed by atoms with Gasteiger partial charge in [0.05, 0.1) is 5.25 Å². The topological polar surface area (TPSA) is 151 Å². The number of carbonyl (C=O) groups is 4. The highest BCUT2D eigenvalue weighted by Crippen LogP contribution is 2.46. The van der Waals surface area contributed by atoms with Gasteiger partial charge in [0.15, 0.2) is 0 Å². The zero-order valence-corrected chi connectivity index (χ0v) is 24.6. The molecule has 5 aliphatic rings. The molecular formula is C28H40F2N4O7S. The van der Waals surface area contributed by atoms with Crippen LogP contribution in [0.5, 0.6) is 0 Å². The summed E-state index contributed by atoms with van der Waals surface area (Å²) < 4.78 is 62.3. The predicted octanol–water partition coefficient (Wildman–Crippen LogP) is 2.51. The van der Waals surface area contributed by atoms with Crippen molar-refractivity contribution in [3.05, 3.63) is 12.2 Å². The van der Waals surface area contributed by atoms with Crippen molar-refractivity contribution in [3.8, 4) is 0 Å². The van der Waals surface area contributed by atoms with Crippen LogP contribution in [0.15, 0.2) is 12.2 Å². The molecule has 0 bridgehead atoms. The number of rotatable bonds is 5. The number of allylic oxidation sites excluding steroid dienone is 1. The van der Waals surface area contributed by atoms with Gasteiger partial charge in [-0.25, -0.2) is 22.0 Å². The number of hydrogen-bond acceptors (Lipinski definition) is 7. The summed E-state index contributed by atoms with van der Waals surface area (Å²) in [5, 5.41) is 4.57. The van der Waals surface area contributed by atoms with Crippen LogP contribution in [0.1, 0.15) is 84.0 Å². The molecule has 0 unspecified atom stereocenters. The lowest BCUT2D eigenvalue weighted by Gasteiger charge is -2.30. The third-order valence-electron chi connectivity index (χ3n) is 9.07. The third kappa shape index (κ3) is 6.89. The average molecular weight is 615 g/mol. The Balaban J connectivity index is 1.39. The van der Waals surface area contributed by atoms with E-state index in [1.54, 1.807) is 6.08 Å². The van der Waals surface area contributed by atoms with E-state index in [0.717, 1.165) is 12.8 Å². The number of sulfonamides is 1. The minimum atomic E-state index is -3.90. The molecule has 4 fully saturated rings. The van der Waals surface area contributed by atoms with Crippen LogP contribution < -0.4 is 15.4 Å². The number of hydrogen-bond donors (Lipinski definition) is 3. The van der Waals surface area contributed by atoms with Crippen molar-refractivity contribution in [2.45, 2.75) is 119 Å². The van der Waals surface area contributed by atoms with Gasteiger partial charge in [0.2, 0.25) is 27.8 Å². The maximum atomic E-state index is 14.9. The Morgan fingerprint density at radius 2 is 1.81 bits per heavy atom. The molecule has 1 saturated heterocycles. The smallest absolute Gasteiger partial charge is 0.408 e. The van der Waals surface area contributed by atoms with Crippen LogP contribution in [0.4, 0.5) is 13.6 Å². The minimum Gasteiger partial charge on any atom is -0.446 e. The molecule has 3 saturated carbocycles. The Hall–Kier alpha value is -2.77. The number of alkyl carbamates (subject to hydrolysis) is 1. The maximum Gasteiger partial charge on any atom is 0.408 e. The van der Waals surface area contributed by atoms with Gasteiger partial charge in [0, 0.05) is 25.3 Å². The highest BCUT2D eigenvalue weighted by atomic mass is 32.2. The maximum absolute atomic E-state index is 14.9. The fraction of sp³-hybridized carbons (Fsp3) is 0.786. The molecule has 42 heavy (non-hydrogen) atoms. The van der Waals surface area contributed by atoms with Gasteiger partial charge >= 0.3 is 6.09 Å². The summed E-state index contributed by atoms with van der Waals surface area (Å²) in [5.41, 5.74) is -1.57. The lowest BCUT2D eigenvalue weighted by Crippen LogP contribution is -2.58. The molecule has 0 aromatic rings. The highest BCUT2D eigenvalue weighted by Gasteiger charge is 2.62. The number of ether oxygens (including phenoxy) is 1. The van der Waals surface area contributed by atoms with Crippen LogP contribution in [0.25, 0.3) is 0 Å². The van der Waals surface area contributed by atoms with Gasteiger partial charge in [-0.05, 0) is 70.1 Å². The second-order valence-corrected chi connectivity index (χ2v) is 14.6. The van der Waals surface area contributed by atoms with Crippen LogP contribution in [-0.4, -0.2) is 78.6 Å². The number of nitrogens with one attached hydrogen (secondary N) is 3. The largest absolute Gasteiger partial charge is 0.446 e. The zero-order valence-electron chi connectivity index (χ0n) is 23.8. The van der Waals surface area contributed by atoms with Crippen LogP contribution in [0.3, 0.4) is 0 Å². The van der Waals surface area contributed by atoms with Crippen molar-refractivity contribution < 1.29 is 41.1 Å². The first-order chi connectivity index (χ1) is 19.8. The number of amides is 4. The molecule has 3 aliphatic carbocycles. The van der Waals surface area contributed by atoms with Gasteiger partial charge in [-0.15, -0.1) is 0 Å². The molecule has 5 atom stereocenters. The SMILES string of the molecule is C[C@@H]1C[C@H]2C(=O)N[C@]3(C(=O)NS(=O)(=O)C4CC4)C[C@H]3/C=C\CCC(F)(F)CC[C@H](NC(=O)OC3CCCC3)C(=O)N2C1. The molecule has 0 aromatic heterocycles. The van der Waals surface area contributed by atoms with Gasteiger partial charge in [0.25, 0.3) is 5.91 Å². The molecule has 11 nitrogen and oxygen atoms in total. The Kier molecular flexibility index (Phi) is 8.56. The van der Waals surface area contributed by atoms with Crippen molar-refractivity contribution in [2.75, 3.05) is 6.54 Å². The van der Waals surface area contributed by atoms with E-state index in [1.807, 2.05) is 6.92 Å². The predicted molar refractivity (Wildman–Crippen MR) is 147 cm³/mol. The number of halogens is 2. The summed E-state index contributed by atoms with van der Waals surface area (Å²) in [4.78, 5) is 54.7. The van der Waals surface area contributed by atoms with Crippen molar-refractivity contribution >= 4 is 33.8 Å². The van der Waals surface area contributed by atoms with Crippen LogP contribution >= 0.6 is 0 Å². The van der Waals surface area contributed by atoms with Crippen LogP contribution in [-0.2, 0) is 29.1 Å². The first kappa shape index (κ1) is 30.7. The van der Waals surface area contributed by atoms with Gasteiger partial charge in [-0.2, -0.15) is 0 Å². The van der Waals surface area contributed by atoms with E-state index in [4.69, 9.17) is 4.74 Å². The first-order valence-electron chi connectivity index (χ1n) is 15.0. The molecule has 5 rings (SSSR count). The summed E-state index contributed by atoms with van der Waals surface area (Å²) >= 11 is 0. The summed E-state index contributed by atoms with van der Waals surface area (Å²) in [6.45, 7) is 1.99. The number of nitrogens with zero attached hydrogens (tertiary/aromatic N) is 1. The second kappa shape index (κ2) is 11.7. The second-order valence-electron chi connectivity index (χ2n) is 12.7. The van der Waals surface area contributed by atoms with E-state index >= 15 is 0 Å². The standard InChI is InChI=1S/C28H40F2N4O7S/c1-17-14-22-23(35)32-28(25(37)33-42(39,40)20-9-10-20)15-18(28)6-4-5-12-27(29,30)13-11-21(24(36)34(22)16-17)31-26(38)41-19-7-2-3-8-19/h4,6,17-22H,2-3,5,7-16H2,1H3,(H,31,38)(H,32,35)(H,33,37)/b6-4-/t17-,18-,21+,22+,28-/m1/s1. The minimum absolute atomic E-state index is 0.0302. The molecule has 4 amide bonds. The van der Waals surface area contributed by atoms with Crippen LogP contribution in [0.2, 0.25) is 0 Å². The summed E-state index contributed by atoms with van der Waals surface area (Å²) in [7, 11) is -3.90. The highest BCUT2D eigenvalue weighted by molar-refractivity contribution is 7.91. The Morgan fingerprint density at radius 1 is 1.10 bits per heavy atom. The monoisotopic (exact) mass is 614 g/mol. The first-order valence-corrected chi connectivity index (χ1v) is 16.5. The molecule has 234 valence electrons. The summed E-state index contributed by atoms with van der Waals surface area (Å²) in [5.74, 6) is -6.01. The van der Waals surface area contributed by atoms with E-state index in [1.165, 1.54) is 11.0 Å². The van der Waals surface area contributed by atoms with Gasteiger partial charge in [-0.3, -0.25) is 19.1 Å². The van der Waals surface area contributed by atoms with E-state index in [-0.39, 0.29) is 44.2 Å². The zero-order chi connectivity index (χ0) is 30.3. The number of alkyl halides is 2. The average Bonchev–Trinajstić information content (AvgIpc) is 3.79. The van der Waals surface area contributed by atoms with E-state index in [9.17, 15) is 36.4 Å².